The maximum atomic E-state index is 12.4. The van der Waals surface area contributed by atoms with Gasteiger partial charge in [-0.25, -0.2) is 0 Å². The average molecular weight is 417 g/mol. The van der Waals surface area contributed by atoms with Gasteiger partial charge in [0, 0.05) is 24.4 Å². The molecule has 1 heterocycles. The van der Waals surface area contributed by atoms with E-state index in [1.807, 2.05) is 30.3 Å². The molecule has 1 N–H and O–H groups in total. The number of halogens is 2. The van der Waals surface area contributed by atoms with Crippen LogP contribution in [0.1, 0.15) is 21.5 Å². The molecule has 0 aliphatic rings. The molecule has 0 saturated heterocycles. The standard InChI is InChI=1S/C21H18Cl2N2O3/c1-28-20-17(22)10-16(11-18(20)23)21(27)24-12-14-5-7-15(8-6-14)13-25-9-3-2-4-19(25)26/h2-11H,12-13H2,1H3,(H,24,27). The zero-order valence-corrected chi connectivity index (χ0v) is 16.6. The summed E-state index contributed by atoms with van der Waals surface area (Å²) < 4.78 is 6.72. The molecule has 0 aliphatic carbocycles. The van der Waals surface area contributed by atoms with Gasteiger partial charge in [0.15, 0.2) is 5.75 Å². The number of carbonyl (C=O) groups excluding carboxylic acids is 1. The molecule has 0 bridgehead atoms. The topological polar surface area (TPSA) is 60.3 Å². The lowest BCUT2D eigenvalue weighted by Crippen LogP contribution is -2.23. The number of benzene rings is 2. The summed E-state index contributed by atoms with van der Waals surface area (Å²) in [5, 5.41) is 3.39. The van der Waals surface area contributed by atoms with Gasteiger partial charge in [-0.15, -0.1) is 0 Å². The van der Waals surface area contributed by atoms with Crippen LogP contribution in [0.2, 0.25) is 10.0 Å². The van der Waals surface area contributed by atoms with Gasteiger partial charge < -0.3 is 14.6 Å². The van der Waals surface area contributed by atoms with Crippen LogP contribution in [-0.2, 0) is 13.1 Å². The number of methoxy groups -OCH3 is 1. The second-order valence-corrected chi connectivity index (χ2v) is 6.95. The van der Waals surface area contributed by atoms with Crippen LogP contribution in [-0.4, -0.2) is 17.6 Å². The van der Waals surface area contributed by atoms with Gasteiger partial charge in [0.05, 0.1) is 23.7 Å². The minimum atomic E-state index is -0.286. The Morgan fingerprint density at radius 2 is 1.68 bits per heavy atom. The largest absolute Gasteiger partial charge is 0.494 e. The van der Waals surface area contributed by atoms with Crippen molar-refractivity contribution in [1.29, 1.82) is 0 Å². The summed E-state index contributed by atoms with van der Waals surface area (Å²) in [6.45, 7) is 0.848. The van der Waals surface area contributed by atoms with Gasteiger partial charge in [0.2, 0.25) is 0 Å². The molecule has 3 rings (SSSR count). The van der Waals surface area contributed by atoms with Crippen LogP contribution in [0.25, 0.3) is 0 Å². The van der Waals surface area contributed by atoms with Gasteiger partial charge in [-0.2, -0.15) is 0 Å². The molecule has 0 unspecified atom stereocenters. The minimum absolute atomic E-state index is 0.0457. The number of carbonyl (C=O) groups is 1. The monoisotopic (exact) mass is 416 g/mol. The Bertz CT molecular complexity index is 1020. The smallest absolute Gasteiger partial charge is 0.251 e. The van der Waals surface area contributed by atoms with E-state index in [9.17, 15) is 9.59 Å². The van der Waals surface area contributed by atoms with Crippen LogP contribution in [0.5, 0.6) is 5.75 Å². The van der Waals surface area contributed by atoms with Crippen molar-refractivity contribution in [3.63, 3.8) is 0 Å². The molecule has 3 aromatic rings. The van der Waals surface area contributed by atoms with Crippen LogP contribution in [0, 0.1) is 0 Å². The molecule has 0 radical (unpaired) electrons. The fourth-order valence-corrected chi connectivity index (χ4v) is 3.36. The summed E-state index contributed by atoms with van der Waals surface area (Å²) in [7, 11) is 1.46. The van der Waals surface area contributed by atoms with E-state index in [2.05, 4.69) is 5.32 Å². The lowest BCUT2D eigenvalue weighted by molar-refractivity contribution is 0.0951. The van der Waals surface area contributed by atoms with E-state index in [4.69, 9.17) is 27.9 Å². The number of ether oxygens (including phenoxy) is 1. The molecule has 2 aromatic carbocycles. The van der Waals surface area contributed by atoms with E-state index in [0.717, 1.165) is 11.1 Å². The molecule has 144 valence electrons. The maximum Gasteiger partial charge on any atom is 0.251 e. The zero-order chi connectivity index (χ0) is 20.1. The van der Waals surface area contributed by atoms with E-state index in [0.29, 0.717) is 24.4 Å². The van der Waals surface area contributed by atoms with Gasteiger partial charge in [-0.3, -0.25) is 9.59 Å². The number of nitrogens with zero attached hydrogens (tertiary/aromatic N) is 1. The highest BCUT2D eigenvalue weighted by Crippen LogP contribution is 2.33. The Morgan fingerprint density at radius 1 is 1.04 bits per heavy atom. The normalized spacial score (nSPS) is 10.5. The molecule has 0 saturated carbocycles. The van der Waals surface area contributed by atoms with Gasteiger partial charge in [-0.05, 0) is 29.3 Å². The van der Waals surface area contributed by atoms with Gasteiger partial charge in [-0.1, -0.05) is 53.5 Å². The number of hydrogen-bond donors (Lipinski definition) is 1. The van der Waals surface area contributed by atoms with Crippen molar-refractivity contribution in [2.75, 3.05) is 7.11 Å². The number of nitrogens with one attached hydrogen (secondary N) is 1. The van der Waals surface area contributed by atoms with Crippen molar-refractivity contribution in [3.05, 3.63) is 97.9 Å². The second-order valence-electron chi connectivity index (χ2n) is 6.14. The fourth-order valence-electron chi connectivity index (χ4n) is 2.72. The lowest BCUT2D eigenvalue weighted by atomic mass is 10.1. The molecule has 0 fully saturated rings. The SMILES string of the molecule is COc1c(Cl)cc(C(=O)NCc2ccc(Cn3ccccc3=O)cc2)cc1Cl. The zero-order valence-electron chi connectivity index (χ0n) is 15.1. The summed E-state index contributed by atoms with van der Waals surface area (Å²) in [5.74, 6) is 0.0550. The Labute approximate surface area is 172 Å². The van der Waals surface area contributed by atoms with Gasteiger partial charge in [0.25, 0.3) is 11.5 Å². The summed E-state index contributed by atoms with van der Waals surface area (Å²) in [6, 6.07) is 15.8. The number of pyridine rings is 1. The first-order valence-electron chi connectivity index (χ1n) is 8.52. The Balaban J connectivity index is 1.63. The minimum Gasteiger partial charge on any atom is -0.494 e. The number of hydrogen-bond acceptors (Lipinski definition) is 3. The lowest BCUT2D eigenvalue weighted by Gasteiger charge is -2.10. The quantitative estimate of drug-likeness (QED) is 0.656. The summed E-state index contributed by atoms with van der Waals surface area (Å²) >= 11 is 12.2. The maximum absolute atomic E-state index is 12.4. The molecule has 7 heteroatoms. The van der Waals surface area contributed by atoms with E-state index >= 15 is 0 Å². The Kier molecular flexibility index (Phi) is 6.39. The molecule has 28 heavy (non-hydrogen) atoms. The Hall–Kier alpha value is -2.76. The predicted octanol–water partition coefficient (Wildman–Crippen LogP) is 4.14. The number of amides is 1. The molecule has 1 amide bonds. The number of aromatic nitrogens is 1. The van der Waals surface area contributed by atoms with E-state index < -0.39 is 0 Å². The Morgan fingerprint density at radius 3 is 2.29 bits per heavy atom. The van der Waals surface area contributed by atoms with Gasteiger partial charge >= 0.3 is 0 Å². The first-order valence-corrected chi connectivity index (χ1v) is 9.28. The van der Waals surface area contributed by atoms with E-state index in [1.165, 1.54) is 25.3 Å². The third kappa shape index (κ3) is 4.74. The number of rotatable bonds is 6. The van der Waals surface area contributed by atoms with Crippen molar-refractivity contribution >= 4 is 29.1 Å². The third-order valence-corrected chi connectivity index (χ3v) is 4.75. The van der Waals surface area contributed by atoms with Crippen molar-refractivity contribution in [3.8, 4) is 5.75 Å². The van der Waals surface area contributed by atoms with Crippen molar-refractivity contribution in [2.24, 2.45) is 0 Å². The first-order chi connectivity index (χ1) is 13.5. The molecule has 5 nitrogen and oxygen atoms in total. The molecule has 1 aromatic heterocycles. The van der Waals surface area contributed by atoms with Crippen molar-refractivity contribution in [1.82, 2.24) is 9.88 Å². The molecule has 0 aliphatic heterocycles. The molecular formula is C21H18Cl2N2O3. The van der Waals surface area contributed by atoms with Crippen LogP contribution in [0.4, 0.5) is 0 Å². The fraction of sp³-hybridized carbons (Fsp3) is 0.143. The summed E-state index contributed by atoms with van der Waals surface area (Å²) in [4.78, 5) is 24.1. The third-order valence-electron chi connectivity index (χ3n) is 4.19. The van der Waals surface area contributed by atoms with E-state index in [-0.39, 0.29) is 21.5 Å². The van der Waals surface area contributed by atoms with Crippen LogP contribution in [0.15, 0.2) is 65.6 Å². The molecule has 0 spiro atoms. The average Bonchev–Trinajstić information content (AvgIpc) is 2.68. The van der Waals surface area contributed by atoms with Crippen LogP contribution >= 0.6 is 23.2 Å². The van der Waals surface area contributed by atoms with Crippen molar-refractivity contribution < 1.29 is 9.53 Å². The highest BCUT2D eigenvalue weighted by Gasteiger charge is 2.13. The van der Waals surface area contributed by atoms with E-state index in [1.54, 1.807) is 16.8 Å². The molecular weight excluding hydrogens is 399 g/mol. The highest BCUT2D eigenvalue weighted by molar-refractivity contribution is 6.37. The summed E-state index contributed by atoms with van der Waals surface area (Å²) in [6.07, 6.45) is 1.75. The van der Waals surface area contributed by atoms with Crippen molar-refractivity contribution in [2.45, 2.75) is 13.1 Å². The van der Waals surface area contributed by atoms with Gasteiger partial charge in [0.1, 0.15) is 0 Å². The predicted molar refractivity (Wildman–Crippen MR) is 110 cm³/mol. The van der Waals surface area contributed by atoms with Crippen LogP contribution in [0.3, 0.4) is 0 Å². The second kappa shape index (κ2) is 8.95. The van der Waals surface area contributed by atoms with Crippen LogP contribution < -0.4 is 15.6 Å². The summed E-state index contributed by atoms with van der Waals surface area (Å²) in [5.41, 5.74) is 2.24. The first kappa shape index (κ1) is 20.0. The molecule has 0 atom stereocenters. The highest BCUT2D eigenvalue weighted by atomic mass is 35.5.